The third-order valence-corrected chi connectivity index (χ3v) is 2.21. The predicted octanol–water partition coefficient (Wildman–Crippen LogP) is 2.40. The normalized spacial score (nSPS) is 9.79. The van der Waals surface area contributed by atoms with Gasteiger partial charge in [-0.2, -0.15) is 9.56 Å². The third-order valence-electron chi connectivity index (χ3n) is 2.12. The van der Waals surface area contributed by atoms with Crippen molar-refractivity contribution < 1.29 is 4.57 Å². The van der Waals surface area contributed by atoms with E-state index in [9.17, 15) is 0 Å². The van der Waals surface area contributed by atoms with Gasteiger partial charge < -0.3 is 0 Å². The van der Waals surface area contributed by atoms with Crippen LogP contribution in [0.15, 0.2) is 41.5 Å². The summed E-state index contributed by atoms with van der Waals surface area (Å²) in [7, 11) is 1.99. The van der Waals surface area contributed by atoms with Crippen molar-refractivity contribution in [3.8, 4) is 0 Å². The third kappa shape index (κ3) is 1.55. The van der Waals surface area contributed by atoms with E-state index >= 15 is 0 Å². The molecule has 1 aromatic carbocycles. The molecule has 2 aromatic rings. The average molecular weight is 201 g/mol. The van der Waals surface area contributed by atoms with Crippen LogP contribution in [0.3, 0.4) is 0 Å². The number of aliphatic imine (C=N–C) groups is 1. The monoisotopic (exact) mass is 201 g/mol. The summed E-state index contributed by atoms with van der Waals surface area (Å²) in [6.07, 6.45) is 1.93. The molecule has 0 amide bonds. The van der Waals surface area contributed by atoms with Gasteiger partial charge in [0.15, 0.2) is 6.20 Å². The molecule has 0 saturated carbocycles. The summed E-state index contributed by atoms with van der Waals surface area (Å²) in [5.41, 5.74) is 2.01. The minimum atomic E-state index is 0.834. The Kier molecular flexibility index (Phi) is 2.35. The Morgan fingerprint density at radius 3 is 2.93 bits per heavy atom. The molecule has 2 rings (SSSR count). The number of fused-ring (bicyclic) bond motifs is 1. The van der Waals surface area contributed by atoms with Gasteiger partial charge in [0.25, 0.3) is 0 Å². The Bertz CT molecular complexity index is 528. The smallest absolute Gasteiger partial charge is 0.199 e. The number of aromatic nitrogens is 1. The number of nitrogens with zero attached hydrogens (tertiary/aromatic N) is 2. The molecule has 0 N–H and O–H groups in total. The molecule has 3 heteroatoms. The molecule has 2 nitrogen and oxygen atoms in total. The zero-order valence-corrected chi connectivity index (χ0v) is 8.58. The van der Waals surface area contributed by atoms with E-state index in [1.54, 1.807) is 0 Å². The number of isothiocyanates is 1. The van der Waals surface area contributed by atoms with Gasteiger partial charge in [-0.3, -0.25) is 0 Å². The number of rotatable bonds is 1. The highest BCUT2D eigenvalue weighted by atomic mass is 32.1. The van der Waals surface area contributed by atoms with Gasteiger partial charge in [-0.1, -0.05) is 12.1 Å². The second-order valence-electron chi connectivity index (χ2n) is 3.07. The first-order valence-electron chi connectivity index (χ1n) is 4.27. The van der Waals surface area contributed by atoms with Crippen molar-refractivity contribution in [3.63, 3.8) is 0 Å². The minimum absolute atomic E-state index is 0.834. The van der Waals surface area contributed by atoms with Crippen molar-refractivity contribution in [1.82, 2.24) is 0 Å². The molecule has 0 fully saturated rings. The number of benzene rings is 1. The van der Waals surface area contributed by atoms with Gasteiger partial charge in [0, 0.05) is 11.5 Å². The van der Waals surface area contributed by atoms with Crippen LogP contribution in [-0.2, 0) is 7.05 Å². The summed E-state index contributed by atoms with van der Waals surface area (Å²) in [5.74, 6) is 0. The molecular formula is C11H9N2S+. The fraction of sp³-hybridized carbons (Fsp3) is 0.0909. The lowest BCUT2D eigenvalue weighted by Gasteiger charge is -1.96. The number of hydrogen-bond donors (Lipinski definition) is 0. The van der Waals surface area contributed by atoms with E-state index in [-0.39, 0.29) is 0 Å². The predicted molar refractivity (Wildman–Crippen MR) is 59.8 cm³/mol. The SMILES string of the molecule is C[n+]1cc(N=C=S)cc2ccccc21. The lowest BCUT2D eigenvalue weighted by atomic mass is 10.2. The molecule has 68 valence electrons. The first-order valence-corrected chi connectivity index (χ1v) is 4.68. The van der Waals surface area contributed by atoms with Crippen LogP contribution in [0.4, 0.5) is 5.69 Å². The van der Waals surface area contributed by atoms with Gasteiger partial charge in [-0.25, -0.2) is 0 Å². The maximum atomic E-state index is 4.57. The van der Waals surface area contributed by atoms with Crippen LogP contribution in [0.1, 0.15) is 0 Å². The molecule has 14 heavy (non-hydrogen) atoms. The van der Waals surface area contributed by atoms with E-state index in [1.165, 1.54) is 5.52 Å². The van der Waals surface area contributed by atoms with Crippen LogP contribution in [0.2, 0.25) is 0 Å². The minimum Gasteiger partial charge on any atom is -0.199 e. The van der Waals surface area contributed by atoms with E-state index < -0.39 is 0 Å². The molecule has 0 bridgehead atoms. The first kappa shape index (κ1) is 9.00. The van der Waals surface area contributed by atoms with Crippen LogP contribution < -0.4 is 4.57 Å². The highest BCUT2D eigenvalue weighted by Crippen LogP contribution is 2.16. The van der Waals surface area contributed by atoms with Gasteiger partial charge in [0.1, 0.15) is 12.7 Å². The van der Waals surface area contributed by atoms with Crippen LogP contribution in [0.5, 0.6) is 0 Å². The number of para-hydroxylation sites is 1. The van der Waals surface area contributed by atoms with Gasteiger partial charge in [-0.05, 0) is 24.4 Å². The Labute approximate surface area is 87.5 Å². The molecule has 0 radical (unpaired) electrons. The largest absolute Gasteiger partial charge is 0.212 e. The molecular weight excluding hydrogens is 192 g/mol. The van der Waals surface area contributed by atoms with Gasteiger partial charge in [0.2, 0.25) is 5.52 Å². The molecule has 0 spiro atoms. The number of thiocarbonyl (C=S) groups is 1. The van der Waals surface area contributed by atoms with Gasteiger partial charge >= 0.3 is 0 Å². The maximum Gasteiger partial charge on any atom is 0.212 e. The molecule has 1 heterocycles. The highest BCUT2D eigenvalue weighted by Gasteiger charge is 2.05. The van der Waals surface area contributed by atoms with Crippen molar-refractivity contribution >= 4 is 34.0 Å². The first-order chi connectivity index (χ1) is 6.81. The lowest BCUT2D eigenvalue weighted by molar-refractivity contribution is -0.644. The van der Waals surface area contributed by atoms with E-state index in [1.807, 2.05) is 36.0 Å². The molecule has 0 unspecified atom stereocenters. The fourth-order valence-corrected chi connectivity index (χ4v) is 1.61. The van der Waals surface area contributed by atoms with Gasteiger partial charge in [0.05, 0.1) is 5.16 Å². The quantitative estimate of drug-likeness (QED) is 0.393. The second kappa shape index (κ2) is 3.66. The highest BCUT2D eigenvalue weighted by molar-refractivity contribution is 7.78. The van der Waals surface area contributed by atoms with Crippen molar-refractivity contribution in [1.29, 1.82) is 0 Å². The van der Waals surface area contributed by atoms with Gasteiger partial charge in [-0.15, -0.1) is 0 Å². The zero-order valence-electron chi connectivity index (χ0n) is 7.77. The van der Waals surface area contributed by atoms with E-state index in [0.29, 0.717) is 0 Å². The number of aryl methyl sites for hydroxylation is 1. The topological polar surface area (TPSA) is 16.2 Å². The van der Waals surface area contributed by atoms with Crippen molar-refractivity contribution in [2.75, 3.05) is 0 Å². The summed E-state index contributed by atoms with van der Waals surface area (Å²) >= 11 is 4.57. The summed E-state index contributed by atoms with van der Waals surface area (Å²) in [4.78, 5) is 3.96. The second-order valence-corrected chi connectivity index (χ2v) is 3.25. The molecule has 0 saturated heterocycles. The van der Waals surface area contributed by atoms with E-state index in [0.717, 1.165) is 11.1 Å². The van der Waals surface area contributed by atoms with Crippen LogP contribution in [-0.4, -0.2) is 5.16 Å². The molecule has 0 aliphatic heterocycles. The van der Waals surface area contributed by atoms with Crippen molar-refractivity contribution in [2.24, 2.45) is 12.0 Å². The Balaban J connectivity index is 2.78. The Morgan fingerprint density at radius 2 is 2.14 bits per heavy atom. The number of hydrogen-bond acceptors (Lipinski definition) is 2. The summed E-state index contributed by atoms with van der Waals surface area (Å²) in [6, 6.07) is 10.1. The maximum absolute atomic E-state index is 4.57. The fourth-order valence-electron chi connectivity index (χ4n) is 1.51. The molecule has 1 aromatic heterocycles. The van der Waals surface area contributed by atoms with Crippen LogP contribution in [0.25, 0.3) is 10.9 Å². The zero-order chi connectivity index (χ0) is 9.97. The standard InChI is InChI=1S/C11H9N2S/c1-13-7-10(12-8-14)6-9-4-2-3-5-11(9)13/h2-7H,1H3/q+1. The summed E-state index contributed by atoms with van der Waals surface area (Å²) in [6.45, 7) is 0. The van der Waals surface area contributed by atoms with Crippen LogP contribution in [0, 0.1) is 0 Å². The molecule has 0 atom stereocenters. The van der Waals surface area contributed by atoms with E-state index in [2.05, 4.69) is 34.5 Å². The van der Waals surface area contributed by atoms with Crippen molar-refractivity contribution in [2.45, 2.75) is 0 Å². The van der Waals surface area contributed by atoms with E-state index in [4.69, 9.17) is 0 Å². The average Bonchev–Trinajstić information content (AvgIpc) is 2.18. The Morgan fingerprint density at radius 1 is 1.36 bits per heavy atom. The lowest BCUT2D eigenvalue weighted by Crippen LogP contribution is -2.27. The molecule has 0 aliphatic carbocycles. The molecule has 0 aliphatic rings. The Hall–Kier alpha value is -1.57. The summed E-state index contributed by atoms with van der Waals surface area (Å²) in [5, 5.41) is 3.53. The summed E-state index contributed by atoms with van der Waals surface area (Å²) < 4.78 is 2.03. The number of pyridine rings is 1. The van der Waals surface area contributed by atoms with Crippen molar-refractivity contribution in [3.05, 3.63) is 36.5 Å². The van der Waals surface area contributed by atoms with Crippen LogP contribution >= 0.6 is 12.2 Å².